The number of hydrogen-bond donors (Lipinski definition) is 2. The van der Waals surface area contributed by atoms with E-state index < -0.39 is 0 Å². The fraction of sp³-hybridized carbons (Fsp3) is 0.308. The molecule has 11 heteroatoms. The summed E-state index contributed by atoms with van der Waals surface area (Å²) in [6.07, 6.45) is 3.50. The van der Waals surface area contributed by atoms with Gasteiger partial charge in [-0.2, -0.15) is 0 Å². The molecular formula is C13H19ClCoN5O4. The van der Waals surface area contributed by atoms with Crippen molar-refractivity contribution in [3.63, 3.8) is 0 Å². The molecule has 9 nitrogen and oxygen atoms in total. The molecule has 0 atom stereocenters. The molecule has 136 valence electrons. The van der Waals surface area contributed by atoms with E-state index in [2.05, 4.69) is 50.6 Å². The van der Waals surface area contributed by atoms with Crippen LogP contribution in [0.1, 0.15) is 27.7 Å². The molecule has 0 aliphatic heterocycles. The Kier molecular flexibility index (Phi) is 23.2. The molecule has 0 bridgehead atoms. The van der Waals surface area contributed by atoms with Crippen LogP contribution in [0.3, 0.4) is 0 Å². The average molecular weight is 404 g/mol. The molecule has 0 aliphatic carbocycles. The minimum absolute atomic E-state index is 0.201. The van der Waals surface area contributed by atoms with Crippen LogP contribution in [-0.2, 0) is 14.8 Å². The van der Waals surface area contributed by atoms with Gasteiger partial charge in [0.2, 0.25) is 0 Å². The molecule has 0 fully saturated rings. The second kappa shape index (κ2) is 20.8. The Balaban J connectivity index is -0.000000263. The number of nitrogens with zero attached hydrogens (tertiary/aromatic N) is 5. The molecule has 2 N–H and O–H groups in total. The average Bonchev–Trinajstić information content (AvgIpc) is 2.69. The molecule has 0 saturated carbocycles. The fourth-order valence-electron chi connectivity index (χ4n) is 0.589. The van der Waals surface area contributed by atoms with E-state index in [1.165, 1.54) is 27.7 Å². The maximum atomic E-state index is 9.63. The number of aromatic nitrogens is 1. The molecular weight excluding hydrogens is 385 g/mol. The Morgan fingerprint density at radius 1 is 0.792 bits per heavy atom. The minimum Gasteiger partial charge on any atom is -0.265 e. The molecule has 1 rings (SSSR count). The smallest absolute Gasteiger partial charge is 0.0267 e. The maximum absolute atomic E-state index is 9.63. The van der Waals surface area contributed by atoms with Crippen molar-refractivity contribution in [3.8, 4) is 0 Å². The van der Waals surface area contributed by atoms with Crippen LogP contribution >= 0.6 is 10.1 Å². The van der Waals surface area contributed by atoms with Gasteiger partial charge in [0, 0.05) is 12.4 Å². The Morgan fingerprint density at radius 3 is 1.21 bits per heavy atom. The largest absolute Gasteiger partial charge is 0.265 e. The van der Waals surface area contributed by atoms with Crippen LogP contribution in [-0.4, -0.2) is 38.2 Å². The van der Waals surface area contributed by atoms with E-state index in [-0.39, 0.29) is 22.8 Å². The number of oxime groups is 2. The molecule has 0 spiro atoms. The topological polar surface area (TPSA) is 149 Å². The van der Waals surface area contributed by atoms with Gasteiger partial charge in [-0.25, -0.2) is 0 Å². The number of pyridine rings is 1. The van der Waals surface area contributed by atoms with Crippen LogP contribution in [0, 0.1) is 10.4 Å². The van der Waals surface area contributed by atoms with E-state index in [0.717, 1.165) is 0 Å². The number of rotatable bonds is 2. The number of halogens is 1. The Labute approximate surface area is 152 Å². The van der Waals surface area contributed by atoms with Crippen LogP contribution in [0.2, 0.25) is 0 Å². The first kappa shape index (κ1) is 26.7. The third-order valence-electron chi connectivity index (χ3n) is 2.19. The second-order valence-corrected chi connectivity index (χ2v) is 3.75. The van der Waals surface area contributed by atoms with Gasteiger partial charge in [0.1, 0.15) is 0 Å². The first-order chi connectivity index (χ1) is 11.4. The molecule has 0 radical (unpaired) electrons. The summed E-state index contributed by atoms with van der Waals surface area (Å²) in [6, 6.07) is 5.72. The van der Waals surface area contributed by atoms with Gasteiger partial charge in [-0.1, -0.05) is 16.4 Å². The van der Waals surface area contributed by atoms with Gasteiger partial charge in [-0.3, -0.25) is 4.98 Å². The van der Waals surface area contributed by atoms with E-state index in [1.54, 1.807) is 12.4 Å². The van der Waals surface area contributed by atoms with Gasteiger partial charge in [-0.15, -0.1) is 0 Å². The zero-order valence-electron chi connectivity index (χ0n) is 13.5. The van der Waals surface area contributed by atoms with Crippen molar-refractivity contribution >= 4 is 33.0 Å². The Hall–Kier alpha value is -2.17. The van der Waals surface area contributed by atoms with Gasteiger partial charge in [-0.05, 0) is 39.8 Å². The molecule has 1 aromatic rings. The third kappa shape index (κ3) is 17.9. The van der Waals surface area contributed by atoms with E-state index in [1.807, 2.05) is 18.2 Å². The first-order valence-electron chi connectivity index (χ1n) is 6.14. The van der Waals surface area contributed by atoms with E-state index >= 15 is 0 Å². The van der Waals surface area contributed by atoms with E-state index in [9.17, 15) is 10.4 Å². The molecule has 0 aromatic carbocycles. The standard InChI is InChI=1S/C5H5N.2C4H8N2O2.ClH.Co/c1-2-4-6-5-3-1;2*1-3(5-7)4(2)6-8;;/h1-5H;2*7-8H,1-2H3;1H;/q;;;;+3/p-3/b;2*5-3+,6-4+;;. The van der Waals surface area contributed by atoms with Gasteiger partial charge < -0.3 is 31.1 Å². The Bertz CT molecular complexity index is 434. The zero-order chi connectivity index (χ0) is 19.4. The van der Waals surface area contributed by atoms with E-state index in [4.69, 9.17) is 10.4 Å². The predicted molar refractivity (Wildman–Crippen MR) is 92.8 cm³/mol. The molecule has 1 heterocycles. The third-order valence-corrected chi connectivity index (χ3v) is 2.19. The summed E-state index contributed by atoms with van der Waals surface area (Å²) in [6.45, 7) is 5.94. The summed E-state index contributed by atoms with van der Waals surface area (Å²) in [7, 11) is 4.33. The van der Waals surface area contributed by atoms with Crippen LogP contribution in [0.15, 0.2) is 51.2 Å². The van der Waals surface area contributed by atoms with Crippen LogP contribution in [0.5, 0.6) is 0 Å². The Morgan fingerprint density at radius 2 is 1.12 bits per heavy atom. The van der Waals surface area contributed by atoms with Crippen molar-refractivity contribution in [1.82, 2.24) is 4.98 Å². The van der Waals surface area contributed by atoms with Crippen molar-refractivity contribution in [2.75, 3.05) is 0 Å². The van der Waals surface area contributed by atoms with Crippen molar-refractivity contribution in [2.45, 2.75) is 27.7 Å². The quantitative estimate of drug-likeness (QED) is 0.441. The van der Waals surface area contributed by atoms with Gasteiger partial charge in [0.15, 0.2) is 0 Å². The summed E-state index contributed by atoms with van der Waals surface area (Å²) in [4.78, 5) is 3.78. The summed E-state index contributed by atoms with van der Waals surface area (Å²) >= 11 is 3.03. The van der Waals surface area contributed by atoms with Crippen molar-refractivity contribution < 1.29 is 25.3 Å². The summed E-state index contributed by atoms with van der Waals surface area (Å²) in [5.74, 6) is 0. The number of hydrogen-bond acceptors (Lipinski definition) is 9. The first-order valence-corrected chi connectivity index (χ1v) is 7.57. The normalized spacial score (nSPS) is 11.8. The van der Waals surface area contributed by atoms with Crippen LogP contribution in [0.25, 0.3) is 0 Å². The van der Waals surface area contributed by atoms with Gasteiger partial charge in [0.25, 0.3) is 0 Å². The van der Waals surface area contributed by atoms with Crippen molar-refractivity contribution in [1.29, 1.82) is 0 Å². The van der Waals surface area contributed by atoms with Crippen LogP contribution in [0.4, 0.5) is 0 Å². The zero-order valence-corrected chi connectivity index (χ0v) is 15.3. The maximum Gasteiger partial charge on any atom is 0.0267 e. The van der Waals surface area contributed by atoms with Gasteiger partial charge >= 0.3 is 25.0 Å². The molecule has 1 aromatic heterocycles. The second-order valence-electron chi connectivity index (χ2n) is 3.75. The van der Waals surface area contributed by atoms with Crippen molar-refractivity contribution in [2.24, 2.45) is 20.6 Å². The molecule has 0 unspecified atom stereocenters. The van der Waals surface area contributed by atoms with Gasteiger partial charge in [0.05, 0.1) is 22.8 Å². The predicted octanol–water partition coefficient (Wildman–Crippen LogP) is 3.36. The fourth-order valence-corrected chi connectivity index (χ4v) is 0.589. The summed E-state index contributed by atoms with van der Waals surface area (Å²) in [5.41, 5.74) is 0.903. The SMILES string of the molecule is CC(=N\[O-])/C(C)=N/O.CC(=N\[O-])/C(C)=N/O.[Cl][Co+2].c1ccncc1. The molecule has 0 aliphatic rings. The summed E-state index contributed by atoms with van der Waals surface area (Å²) < 4.78 is 0. The monoisotopic (exact) mass is 403 g/mol. The summed E-state index contributed by atoms with van der Waals surface area (Å²) in [5, 5.41) is 45.8. The molecule has 24 heavy (non-hydrogen) atoms. The molecule has 0 saturated heterocycles. The van der Waals surface area contributed by atoms with Crippen molar-refractivity contribution in [3.05, 3.63) is 41.0 Å². The molecule has 0 amide bonds. The van der Waals surface area contributed by atoms with Crippen LogP contribution < -0.4 is 0 Å². The van der Waals surface area contributed by atoms with E-state index in [0.29, 0.717) is 0 Å². The minimum atomic E-state index is 0.201.